The van der Waals surface area contributed by atoms with Gasteiger partial charge >= 0.3 is 6.09 Å². The summed E-state index contributed by atoms with van der Waals surface area (Å²) in [6.07, 6.45) is 7.64. The van der Waals surface area contributed by atoms with Gasteiger partial charge in [-0.25, -0.2) is 4.79 Å². The van der Waals surface area contributed by atoms with Crippen LogP contribution in [0.1, 0.15) is 52.5 Å². The van der Waals surface area contributed by atoms with Crippen LogP contribution < -0.4 is 0 Å². The van der Waals surface area contributed by atoms with Crippen LogP contribution >= 0.6 is 0 Å². The second kappa shape index (κ2) is 5.46. The molecule has 0 N–H and O–H groups in total. The first-order valence-electron chi connectivity index (χ1n) is 8.72. The number of nitrogens with zero attached hydrogens (tertiary/aromatic N) is 4. The molecule has 0 saturated carbocycles. The third-order valence-corrected chi connectivity index (χ3v) is 4.98. The number of fused-ring (bicyclic) bond motifs is 3. The highest BCUT2D eigenvalue weighted by molar-refractivity contribution is 5.73. The Morgan fingerprint density at radius 2 is 1.88 bits per heavy atom. The molecule has 2 aliphatic rings. The first-order chi connectivity index (χ1) is 11.4. The van der Waals surface area contributed by atoms with Gasteiger partial charge in [0.05, 0.1) is 12.2 Å². The predicted octanol–water partition coefficient (Wildman–Crippen LogP) is 3.53. The van der Waals surface area contributed by atoms with Gasteiger partial charge in [0.15, 0.2) is 0 Å². The number of rotatable bonds is 1. The molecule has 2 fully saturated rings. The molecule has 2 unspecified atom stereocenters. The Bertz CT molecular complexity index is 717. The highest BCUT2D eigenvalue weighted by atomic mass is 16.6. The lowest BCUT2D eigenvalue weighted by atomic mass is 9.98. The average Bonchev–Trinajstić information content (AvgIpc) is 3.04. The Kier molecular flexibility index (Phi) is 3.51. The van der Waals surface area contributed by atoms with Crippen LogP contribution in [0.3, 0.4) is 0 Å². The number of carbonyl (C=O) groups excluding carboxylic acids is 1. The minimum atomic E-state index is -0.446. The molecule has 2 aromatic rings. The smallest absolute Gasteiger partial charge is 0.410 e. The lowest BCUT2D eigenvalue weighted by Gasteiger charge is -2.39. The summed E-state index contributed by atoms with van der Waals surface area (Å²) in [5.74, 6) is 0. The van der Waals surface area contributed by atoms with Crippen molar-refractivity contribution in [3.63, 3.8) is 0 Å². The van der Waals surface area contributed by atoms with E-state index in [4.69, 9.17) is 4.74 Å². The number of carbonyl (C=O) groups is 1. The molecule has 1 amide bonds. The molecule has 24 heavy (non-hydrogen) atoms. The van der Waals surface area contributed by atoms with Gasteiger partial charge in [-0.1, -0.05) is 0 Å². The second-order valence-electron chi connectivity index (χ2n) is 7.91. The number of pyridine rings is 1. The van der Waals surface area contributed by atoms with Crippen molar-refractivity contribution < 1.29 is 9.53 Å². The van der Waals surface area contributed by atoms with E-state index in [2.05, 4.69) is 14.8 Å². The molecule has 4 heterocycles. The van der Waals surface area contributed by atoms with Gasteiger partial charge in [0.2, 0.25) is 0 Å². The molecular formula is C18H24N4O2. The van der Waals surface area contributed by atoms with Crippen molar-refractivity contribution in [1.29, 1.82) is 0 Å². The van der Waals surface area contributed by atoms with E-state index in [1.54, 1.807) is 6.20 Å². The van der Waals surface area contributed by atoms with Gasteiger partial charge in [-0.3, -0.25) is 9.67 Å². The Hall–Kier alpha value is -2.11. The molecule has 4 rings (SSSR count). The summed E-state index contributed by atoms with van der Waals surface area (Å²) >= 11 is 0. The zero-order valence-corrected chi connectivity index (χ0v) is 14.5. The van der Waals surface area contributed by atoms with E-state index >= 15 is 0 Å². The van der Waals surface area contributed by atoms with Gasteiger partial charge in [-0.2, -0.15) is 5.10 Å². The van der Waals surface area contributed by atoms with Crippen LogP contribution in [-0.2, 0) is 4.74 Å². The Morgan fingerprint density at radius 1 is 1.17 bits per heavy atom. The predicted molar refractivity (Wildman–Crippen MR) is 90.7 cm³/mol. The minimum absolute atomic E-state index is 0.166. The summed E-state index contributed by atoms with van der Waals surface area (Å²) in [4.78, 5) is 18.9. The number of hydrogen-bond acceptors (Lipinski definition) is 4. The number of ether oxygens (including phenoxy) is 1. The molecule has 2 saturated heterocycles. The monoisotopic (exact) mass is 328 g/mol. The van der Waals surface area contributed by atoms with Crippen LogP contribution in [0.2, 0.25) is 0 Å². The molecule has 2 bridgehead atoms. The van der Waals surface area contributed by atoms with Crippen molar-refractivity contribution >= 4 is 17.1 Å². The second-order valence-corrected chi connectivity index (χ2v) is 7.91. The van der Waals surface area contributed by atoms with Crippen LogP contribution in [0.5, 0.6) is 0 Å². The largest absolute Gasteiger partial charge is 0.444 e. The average molecular weight is 328 g/mol. The quantitative estimate of drug-likeness (QED) is 0.803. The number of amides is 1. The van der Waals surface area contributed by atoms with Crippen molar-refractivity contribution in [2.24, 2.45) is 0 Å². The van der Waals surface area contributed by atoms with Gasteiger partial charge in [-0.15, -0.1) is 0 Å². The molecule has 6 heteroatoms. The highest BCUT2D eigenvalue weighted by Gasteiger charge is 2.45. The lowest BCUT2D eigenvalue weighted by Crippen LogP contribution is -2.48. The van der Waals surface area contributed by atoms with E-state index in [0.717, 1.165) is 36.7 Å². The Labute approximate surface area is 141 Å². The molecule has 0 aliphatic carbocycles. The van der Waals surface area contributed by atoms with Crippen LogP contribution in [0.15, 0.2) is 24.5 Å². The third kappa shape index (κ3) is 2.74. The van der Waals surface area contributed by atoms with Gasteiger partial charge < -0.3 is 9.64 Å². The minimum Gasteiger partial charge on any atom is -0.444 e. The normalized spacial score (nSPS) is 26.8. The summed E-state index contributed by atoms with van der Waals surface area (Å²) in [6.45, 7) is 5.76. The van der Waals surface area contributed by atoms with Gasteiger partial charge in [0.1, 0.15) is 16.6 Å². The third-order valence-electron chi connectivity index (χ3n) is 4.98. The maximum Gasteiger partial charge on any atom is 0.410 e. The summed E-state index contributed by atoms with van der Waals surface area (Å²) in [5, 5.41) is 4.68. The fourth-order valence-electron chi connectivity index (χ4n) is 4.04. The number of aromatic nitrogens is 3. The fraction of sp³-hybridized carbons (Fsp3) is 0.611. The van der Waals surface area contributed by atoms with Crippen molar-refractivity contribution in [2.75, 3.05) is 0 Å². The van der Waals surface area contributed by atoms with Gasteiger partial charge in [0, 0.05) is 18.3 Å². The zero-order chi connectivity index (χ0) is 16.9. The van der Waals surface area contributed by atoms with Crippen molar-refractivity contribution in [3.05, 3.63) is 24.5 Å². The SMILES string of the molecule is CC(C)(C)OC(=O)N1C2CCC1CC(n1cc3ncccc3n1)C2. The van der Waals surface area contributed by atoms with E-state index in [9.17, 15) is 4.79 Å². The summed E-state index contributed by atoms with van der Waals surface area (Å²) in [6, 6.07) is 4.74. The summed E-state index contributed by atoms with van der Waals surface area (Å²) in [7, 11) is 0. The molecule has 6 nitrogen and oxygen atoms in total. The Morgan fingerprint density at radius 3 is 2.50 bits per heavy atom. The van der Waals surface area contributed by atoms with E-state index in [0.29, 0.717) is 6.04 Å². The topological polar surface area (TPSA) is 60.2 Å². The van der Waals surface area contributed by atoms with Crippen molar-refractivity contribution in [3.8, 4) is 0 Å². The standard InChI is InChI=1S/C18H24N4O2/c1-18(2,3)24-17(23)22-12-6-7-13(22)10-14(9-12)21-11-16-15(20-21)5-4-8-19-16/h4-5,8,11-14H,6-7,9-10H2,1-3H3. The van der Waals surface area contributed by atoms with Crippen LogP contribution in [-0.4, -0.2) is 43.4 Å². The van der Waals surface area contributed by atoms with Crippen molar-refractivity contribution in [1.82, 2.24) is 19.7 Å². The molecular weight excluding hydrogens is 304 g/mol. The molecule has 2 aromatic heterocycles. The number of hydrogen-bond donors (Lipinski definition) is 0. The van der Waals surface area contributed by atoms with Gasteiger partial charge in [0.25, 0.3) is 0 Å². The molecule has 0 aromatic carbocycles. The van der Waals surface area contributed by atoms with Crippen LogP contribution in [0.4, 0.5) is 4.79 Å². The van der Waals surface area contributed by atoms with Gasteiger partial charge in [-0.05, 0) is 58.6 Å². The molecule has 128 valence electrons. The van der Waals surface area contributed by atoms with E-state index in [1.165, 1.54) is 0 Å². The fourth-order valence-corrected chi connectivity index (χ4v) is 4.04. The lowest BCUT2D eigenvalue weighted by molar-refractivity contribution is 0.00235. The molecule has 2 atom stereocenters. The van der Waals surface area contributed by atoms with Crippen LogP contribution in [0.25, 0.3) is 11.0 Å². The molecule has 0 spiro atoms. The van der Waals surface area contributed by atoms with Crippen molar-refractivity contribution in [2.45, 2.75) is 70.2 Å². The maximum atomic E-state index is 12.5. The first-order valence-corrected chi connectivity index (χ1v) is 8.72. The molecule has 0 radical (unpaired) electrons. The first kappa shape index (κ1) is 15.4. The highest BCUT2D eigenvalue weighted by Crippen LogP contribution is 2.41. The van der Waals surface area contributed by atoms with E-state index in [-0.39, 0.29) is 18.2 Å². The molecule has 2 aliphatic heterocycles. The Balaban J connectivity index is 1.52. The summed E-state index contributed by atoms with van der Waals surface area (Å²) < 4.78 is 7.65. The van der Waals surface area contributed by atoms with E-state index in [1.807, 2.05) is 44.0 Å². The number of piperidine rings is 1. The van der Waals surface area contributed by atoms with E-state index < -0.39 is 5.60 Å². The van der Waals surface area contributed by atoms with Crippen LogP contribution in [0, 0.1) is 0 Å². The summed E-state index contributed by atoms with van der Waals surface area (Å²) in [5.41, 5.74) is 1.41. The zero-order valence-electron chi connectivity index (χ0n) is 14.5. The maximum absolute atomic E-state index is 12.5.